The maximum Gasteiger partial charge on any atom is 0.228 e. The largest absolute Gasteiger partial charge is 0.464 e. The fraction of sp³-hybridized carbons (Fsp3) is 0.125. The summed E-state index contributed by atoms with van der Waals surface area (Å²) >= 11 is 0. The number of amides is 1. The van der Waals surface area contributed by atoms with Crippen LogP contribution < -0.4 is 5.32 Å². The first-order valence-electron chi connectivity index (χ1n) is 6.39. The number of carbonyl (C=O) groups is 1. The number of aromatic nitrogens is 1. The van der Waals surface area contributed by atoms with Gasteiger partial charge in [-0.1, -0.05) is 12.1 Å². The molecule has 3 aromatic rings. The van der Waals surface area contributed by atoms with Crippen molar-refractivity contribution in [2.45, 2.75) is 13.3 Å². The highest BCUT2D eigenvalue weighted by atomic mass is 16.3. The molecule has 2 aromatic heterocycles. The highest BCUT2D eigenvalue weighted by molar-refractivity contribution is 5.95. The van der Waals surface area contributed by atoms with Gasteiger partial charge in [0, 0.05) is 17.1 Å². The van der Waals surface area contributed by atoms with E-state index in [1.165, 1.54) is 0 Å². The van der Waals surface area contributed by atoms with Crippen LogP contribution in [0.5, 0.6) is 0 Å². The molecule has 0 saturated heterocycles. The lowest BCUT2D eigenvalue weighted by Crippen LogP contribution is -2.14. The van der Waals surface area contributed by atoms with Crippen molar-refractivity contribution < 1.29 is 9.21 Å². The third-order valence-electron chi connectivity index (χ3n) is 3.11. The van der Waals surface area contributed by atoms with Gasteiger partial charge >= 0.3 is 0 Å². The number of rotatable bonds is 3. The molecule has 0 unspecified atom stereocenters. The highest BCUT2D eigenvalue weighted by Gasteiger charge is 2.10. The van der Waals surface area contributed by atoms with E-state index >= 15 is 0 Å². The Balaban J connectivity index is 1.78. The summed E-state index contributed by atoms with van der Waals surface area (Å²) in [5, 5.41) is 3.80. The standard InChI is InChI=1S/C16H14N2O2/c1-11-4-5-14-12(10-20-15(14)7-11)8-16(19)18-13-3-2-6-17-9-13/h2-7,9-10H,8H2,1H3,(H,18,19). The second-order valence-electron chi connectivity index (χ2n) is 4.73. The molecule has 20 heavy (non-hydrogen) atoms. The summed E-state index contributed by atoms with van der Waals surface area (Å²) in [6.07, 6.45) is 5.22. The van der Waals surface area contributed by atoms with Crippen LogP contribution in [0.15, 0.2) is 53.4 Å². The molecule has 0 fully saturated rings. The molecule has 100 valence electrons. The molecule has 0 aliphatic carbocycles. The number of pyridine rings is 1. The fourth-order valence-electron chi connectivity index (χ4n) is 2.14. The molecule has 3 rings (SSSR count). The summed E-state index contributed by atoms with van der Waals surface area (Å²) in [4.78, 5) is 16.0. The van der Waals surface area contributed by atoms with Crippen molar-refractivity contribution in [1.29, 1.82) is 0 Å². The summed E-state index contributed by atoms with van der Waals surface area (Å²) in [6, 6.07) is 9.56. The molecule has 0 aliphatic rings. The van der Waals surface area contributed by atoms with Crippen LogP contribution in [-0.4, -0.2) is 10.9 Å². The van der Waals surface area contributed by atoms with Crippen LogP contribution in [0.25, 0.3) is 11.0 Å². The van der Waals surface area contributed by atoms with Crippen molar-refractivity contribution in [3.63, 3.8) is 0 Å². The van der Waals surface area contributed by atoms with Gasteiger partial charge in [-0.2, -0.15) is 0 Å². The Labute approximate surface area is 116 Å². The lowest BCUT2D eigenvalue weighted by Gasteiger charge is -2.03. The number of hydrogen-bond donors (Lipinski definition) is 1. The molecule has 0 radical (unpaired) electrons. The van der Waals surface area contributed by atoms with Gasteiger partial charge in [0.2, 0.25) is 5.91 Å². The fourth-order valence-corrected chi connectivity index (χ4v) is 2.14. The molecule has 1 amide bonds. The number of benzene rings is 1. The van der Waals surface area contributed by atoms with E-state index < -0.39 is 0 Å². The zero-order valence-corrected chi connectivity index (χ0v) is 11.1. The van der Waals surface area contributed by atoms with Crippen LogP contribution in [0.1, 0.15) is 11.1 Å². The predicted octanol–water partition coefficient (Wildman–Crippen LogP) is 3.32. The van der Waals surface area contributed by atoms with E-state index in [0.717, 1.165) is 22.1 Å². The first-order chi connectivity index (χ1) is 9.72. The number of nitrogens with one attached hydrogen (secondary N) is 1. The van der Waals surface area contributed by atoms with Crippen LogP contribution in [0.2, 0.25) is 0 Å². The molecular formula is C16H14N2O2. The number of aryl methyl sites for hydroxylation is 1. The SMILES string of the molecule is Cc1ccc2c(CC(=O)Nc3cccnc3)coc2c1. The monoisotopic (exact) mass is 266 g/mol. The number of fused-ring (bicyclic) bond motifs is 1. The molecule has 4 heteroatoms. The third kappa shape index (κ3) is 2.54. The Morgan fingerprint density at radius 1 is 1.35 bits per heavy atom. The summed E-state index contributed by atoms with van der Waals surface area (Å²) in [5.41, 5.74) is 3.54. The van der Waals surface area contributed by atoms with Crippen molar-refractivity contribution in [2.24, 2.45) is 0 Å². The molecule has 2 heterocycles. The maximum absolute atomic E-state index is 12.0. The molecule has 1 aromatic carbocycles. The van der Waals surface area contributed by atoms with Crippen molar-refractivity contribution in [2.75, 3.05) is 5.32 Å². The average molecular weight is 266 g/mol. The van der Waals surface area contributed by atoms with Crippen molar-refractivity contribution in [3.05, 3.63) is 60.1 Å². The Morgan fingerprint density at radius 3 is 3.05 bits per heavy atom. The molecular weight excluding hydrogens is 252 g/mol. The minimum atomic E-state index is -0.0822. The van der Waals surface area contributed by atoms with Crippen molar-refractivity contribution in [3.8, 4) is 0 Å². The second kappa shape index (κ2) is 5.17. The average Bonchev–Trinajstić information content (AvgIpc) is 2.82. The van der Waals surface area contributed by atoms with E-state index in [0.29, 0.717) is 5.69 Å². The number of furan rings is 1. The van der Waals surface area contributed by atoms with Gasteiger partial charge in [-0.25, -0.2) is 0 Å². The van der Waals surface area contributed by atoms with Crippen LogP contribution in [-0.2, 0) is 11.2 Å². The first-order valence-corrected chi connectivity index (χ1v) is 6.39. The summed E-state index contributed by atoms with van der Waals surface area (Å²) in [5.74, 6) is -0.0822. The van der Waals surface area contributed by atoms with Crippen LogP contribution in [0.4, 0.5) is 5.69 Å². The van der Waals surface area contributed by atoms with Gasteiger partial charge in [0.05, 0.1) is 24.6 Å². The van der Waals surface area contributed by atoms with Gasteiger partial charge in [0.1, 0.15) is 5.58 Å². The molecule has 0 bridgehead atoms. The molecule has 0 spiro atoms. The molecule has 0 aliphatic heterocycles. The van der Waals surface area contributed by atoms with Gasteiger partial charge < -0.3 is 9.73 Å². The molecule has 0 saturated carbocycles. The topological polar surface area (TPSA) is 55.1 Å². The van der Waals surface area contributed by atoms with E-state index in [-0.39, 0.29) is 12.3 Å². The number of nitrogens with zero attached hydrogens (tertiary/aromatic N) is 1. The molecule has 1 N–H and O–H groups in total. The minimum absolute atomic E-state index is 0.0822. The van der Waals surface area contributed by atoms with Gasteiger partial charge in [-0.05, 0) is 30.7 Å². The predicted molar refractivity (Wildman–Crippen MR) is 77.5 cm³/mol. The summed E-state index contributed by atoms with van der Waals surface area (Å²) in [7, 11) is 0. The van der Waals surface area contributed by atoms with E-state index in [9.17, 15) is 4.79 Å². The van der Waals surface area contributed by atoms with Crippen molar-refractivity contribution in [1.82, 2.24) is 4.98 Å². The van der Waals surface area contributed by atoms with Gasteiger partial charge in [0.25, 0.3) is 0 Å². The van der Waals surface area contributed by atoms with Gasteiger partial charge in [-0.3, -0.25) is 9.78 Å². The van der Waals surface area contributed by atoms with Crippen LogP contribution in [0.3, 0.4) is 0 Å². The first kappa shape index (κ1) is 12.4. The van der Waals surface area contributed by atoms with Crippen LogP contribution >= 0.6 is 0 Å². The summed E-state index contributed by atoms with van der Waals surface area (Å²) in [6.45, 7) is 2.01. The zero-order valence-electron chi connectivity index (χ0n) is 11.1. The summed E-state index contributed by atoms with van der Waals surface area (Å²) < 4.78 is 5.49. The Bertz CT molecular complexity index is 748. The van der Waals surface area contributed by atoms with E-state index in [2.05, 4.69) is 10.3 Å². The van der Waals surface area contributed by atoms with E-state index in [1.807, 2.05) is 31.2 Å². The zero-order chi connectivity index (χ0) is 13.9. The van der Waals surface area contributed by atoms with Crippen molar-refractivity contribution >= 4 is 22.6 Å². The number of carbonyl (C=O) groups excluding carboxylic acids is 1. The molecule has 0 atom stereocenters. The lowest BCUT2D eigenvalue weighted by atomic mass is 10.1. The smallest absolute Gasteiger partial charge is 0.228 e. The number of hydrogen-bond acceptors (Lipinski definition) is 3. The normalized spacial score (nSPS) is 10.7. The van der Waals surface area contributed by atoms with Gasteiger partial charge in [0.15, 0.2) is 0 Å². The van der Waals surface area contributed by atoms with E-state index in [1.54, 1.807) is 24.7 Å². The number of anilines is 1. The molecule has 4 nitrogen and oxygen atoms in total. The Kier molecular flexibility index (Phi) is 3.21. The van der Waals surface area contributed by atoms with Gasteiger partial charge in [-0.15, -0.1) is 0 Å². The van der Waals surface area contributed by atoms with Crippen LogP contribution in [0, 0.1) is 6.92 Å². The minimum Gasteiger partial charge on any atom is -0.464 e. The Hall–Kier alpha value is -2.62. The maximum atomic E-state index is 12.0. The quantitative estimate of drug-likeness (QED) is 0.791. The van der Waals surface area contributed by atoms with E-state index in [4.69, 9.17) is 4.42 Å². The highest BCUT2D eigenvalue weighted by Crippen LogP contribution is 2.23. The lowest BCUT2D eigenvalue weighted by molar-refractivity contribution is -0.115. The Morgan fingerprint density at radius 2 is 2.25 bits per heavy atom. The second-order valence-corrected chi connectivity index (χ2v) is 4.73. The third-order valence-corrected chi connectivity index (χ3v) is 3.11.